The van der Waals surface area contributed by atoms with Crippen molar-refractivity contribution in [2.75, 3.05) is 5.32 Å². The van der Waals surface area contributed by atoms with Gasteiger partial charge >= 0.3 is 0 Å². The molecule has 1 aliphatic heterocycles. The van der Waals surface area contributed by atoms with Gasteiger partial charge in [0.2, 0.25) is 0 Å². The summed E-state index contributed by atoms with van der Waals surface area (Å²) in [7, 11) is 0. The van der Waals surface area contributed by atoms with Crippen molar-refractivity contribution < 1.29 is 0 Å². The molecule has 1 aromatic rings. The van der Waals surface area contributed by atoms with E-state index in [1.165, 1.54) is 17.0 Å². The lowest BCUT2D eigenvalue weighted by atomic mass is 10.3. The maximum Gasteiger partial charge on any atom is 0.0767 e. The van der Waals surface area contributed by atoms with Crippen LogP contribution in [-0.4, -0.2) is 5.37 Å². The number of hydrogen-bond acceptors (Lipinski definition) is 2. The Hall–Kier alpha value is -0.630. The van der Waals surface area contributed by atoms with E-state index >= 15 is 0 Å². The molecule has 1 atom stereocenters. The molecule has 2 rings (SSSR count). The maximum absolute atomic E-state index is 3.45. The van der Waals surface area contributed by atoms with Crippen LogP contribution >= 0.6 is 11.8 Å². The van der Waals surface area contributed by atoms with Crippen LogP contribution in [0.2, 0.25) is 0 Å². The van der Waals surface area contributed by atoms with E-state index in [0.29, 0.717) is 5.37 Å². The molecule has 0 amide bonds. The van der Waals surface area contributed by atoms with Gasteiger partial charge in [0, 0.05) is 10.6 Å². The van der Waals surface area contributed by atoms with E-state index in [9.17, 15) is 0 Å². The van der Waals surface area contributed by atoms with Crippen molar-refractivity contribution in [1.82, 2.24) is 0 Å². The van der Waals surface area contributed by atoms with Crippen molar-refractivity contribution in [3.05, 3.63) is 24.3 Å². The van der Waals surface area contributed by atoms with E-state index in [0.717, 1.165) is 0 Å². The average molecular weight is 195 g/mol. The van der Waals surface area contributed by atoms with E-state index in [1.807, 2.05) is 25.6 Å². The molecular formula is C11H17NS. The number of anilines is 1. The minimum absolute atomic E-state index is 0.590. The van der Waals surface area contributed by atoms with Gasteiger partial charge in [0.15, 0.2) is 0 Å². The molecule has 1 aliphatic rings. The number of rotatable bonds is 1. The van der Waals surface area contributed by atoms with Gasteiger partial charge in [-0.25, -0.2) is 0 Å². The van der Waals surface area contributed by atoms with Gasteiger partial charge in [-0.15, -0.1) is 0 Å². The third-order valence-electron chi connectivity index (χ3n) is 1.84. The summed E-state index contributed by atoms with van der Waals surface area (Å²) in [5.41, 5.74) is 1.30. The lowest BCUT2D eigenvalue weighted by Gasteiger charge is -2.04. The molecule has 0 radical (unpaired) electrons. The standard InChI is InChI=1S/C9H11NS.C2H6/c1-2-9-10-7-5-3-4-6-8(7)11-9;1-2/h3-6,9-10H,2H2,1H3;1-2H3. The number of hydrogen-bond donors (Lipinski definition) is 1. The summed E-state index contributed by atoms with van der Waals surface area (Å²) in [6.45, 7) is 6.20. The third-order valence-corrected chi connectivity index (χ3v) is 3.19. The van der Waals surface area contributed by atoms with Crippen LogP contribution in [0.1, 0.15) is 27.2 Å². The minimum atomic E-state index is 0.590. The average Bonchev–Trinajstić information content (AvgIpc) is 2.63. The normalized spacial score (nSPS) is 18.2. The van der Waals surface area contributed by atoms with Crippen molar-refractivity contribution >= 4 is 17.4 Å². The second-order valence-electron chi connectivity index (χ2n) is 2.66. The Kier molecular flexibility index (Phi) is 4.16. The van der Waals surface area contributed by atoms with Gasteiger partial charge < -0.3 is 5.32 Å². The van der Waals surface area contributed by atoms with Crippen LogP contribution in [-0.2, 0) is 0 Å². The van der Waals surface area contributed by atoms with Crippen molar-refractivity contribution in [3.63, 3.8) is 0 Å². The fourth-order valence-electron chi connectivity index (χ4n) is 1.23. The van der Waals surface area contributed by atoms with Crippen LogP contribution in [0.25, 0.3) is 0 Å². The van der Waals surface area contributed by atoms with Crippen molar-refractivity contribution in [3.8, 4) is 0 Å². The fourth-order valence-corrected chi connectivity index (χ4v) is 2.30. The predicted molar refractivity (Wildman–Crippen MR) is 61.3 cm³/mol. The highest BCUT2D eigenvalue weighted by atomic mass is 32.2. The van der Waals surface area contributed by atoms with Gasteiger partial charge in [-0.1, -0.05) is 44.7 Å². The first-order chi connectivity index (χ1) is 6.40. The highest BCUT2D eigenvalue weighted by molar-refractivity contribution is 8.00. The molecule has 0 saturated carbocycles. The summed E-state index contributed by atoms with van der Waals surface area (Å²) in [5, 5.41) is 4.04. The van der Waals surface area contributed by atoms with Crippen molar-refractivity contribution in [1.29, 1.82) is 0 Å². The Labute approximate surface area is 84.9 Å². The van der Waals surface area contributed by atoms with Gasteiger partial charge in [0.1, 0.15) is 0 Å². The largest absolute Gasteiger partial charge is 0.372 e. The molecule has 1 N–H and O–H groups in total. The SMILES string of the molecule is CC.CCC1Nc2ccccc2S1. The number of benzene rings is 1. The number of nitrogens with one attached hydrogen (secondary N) is 1. The van der Waals surface area contributed by atoms with Crippen LogP contribution in [0.3, 0.4) is 0 Å². The molecule has 0 saturated heterocycles. The third kappa shape index (κ3) is 2.41. The second-order valence-corrected chi connectivity index (χ2v) is 3.90. The van der Waals surface area contributed by atoms with Crippen LogP contribution in [0.4, 0.5) is 5.69 Å². The Bertz CT molecular complexity index is 235. The van der Waals surface area contributed by atoms with Gasteiger partial charge in [0.05, 0.1) is 5.37 Å². The zero-order chi connectivity index (χ0) is 9.68. The zero-order valence-corrected chi connectivity index (χ0v) is 9.32. The summed E-state index contributed by atoms with van der Waals surface area (Å²) in [5.74, 6) is 0. The first kappa shape index (κ1) is 10.5. The second kappa shape index (κ2) is 5.18. The lowest BCUT2D eigenvalue weighted by molar-refractivity contribution is 0.931. The molecule has 0 aromatic heterocycles. The van der Waals surface area contributed by atoms with E-state index in [1.54, 1.807) is 0 Å². The monoisotopic (exact) mass is 195 g/mol. The molecule has 0 aliphatic carbocycles. The summed E-state index contributed by atoms with van der Waals surface area (Å²) < 4.78 is 0. The Morgan fingerprint density at radius 1 is 1.31 bits per heavy atom. The molecular weight excluding hydrogens is 178 g/mol. The van der Waals surface area contributed by atoms with Crippen LogP contribution in [0.15, 0.2) is 29.2 Å². The Morgan fingerprint density at radius 3 is 2.62 bits per heavy atom. The summed E-state index contributed by atoms with van der Waals surface area (Å²) in [6, 6.07) is 8.47. The van der Waals surface area contributed by atoms with E-state index < -0.39 is 0 Å². The molecule has 1 nitrogen and oxygen atoms in total. The molecule has 1 unspecified atom stereocenters. The first-order valence-electron chi connectivity index (χ1n) is 4.92. The van der Waals surface area contributed by atoms with Crippen LogP contribution in [0.5, 0.6) is 0 Å². The maximum atomic E-state index is 3.45. The Morgan fingerprint density at radius 2 is 2.00 bits per heavy atom. The molecule has 13 heavy (non-hydrogen) atoms. The smallest absolute Gasteiger partial charge is 0.0767 e. The molecule has 1 heterocycles. The quantitative estimate of drug-likeness (QED) is 0.727. The molecule has 0 spiro atoms. The van der Waals surface area contributed by atoms with E-state index in [2.05, 4.69) is 36.5 Å². The molecule has 0 bridgehead atoms. The topological polar surface area (TPSA) is 12.0 Å². The van der Waals surface area contributed by atoms with E-state index in [4.69, 9.17) is 0 Å². The molecule has 72 valence electrons. The van der Waals surface area contributed by atoms with Crippen molar-refractivity contribution in [2.24, 2.45) is 0 Å². The van der Waals surface area contributed by atoms with Gasteiger partial charge in [-0.3, -0.25) is 0 Å². The molecule has 2 heteroatoms. The zero-order valence-electron chi connectivity index (χ0n) is 8.50. The van der Waals surface area contributed by atoms with E-state index in [-0.39, 0.29) is 0 Å². The highest BCUT2D eigenvalue weighted by Gasteiger charge is 2.17. The first-order valence-corrected chi connectivity index (χ1v) is 5.80. The van der Waals surface area contributed by atoms with Gasteiger partial charge in [-0.05, 0) is 18.6 Å². The number of fused-ring (bicyclic) bond motifs is 1. The molecule has 0 fully saturated rings. The van der Waals surface area contributed by atoms with Gasteiger partial charge in [-0.2, -0.15) is 0 Å². The Balaban J connectivity index is 0.000000396. The highest BCUT2D eigenvalue weighted by Crippen LogP contribution is 2.38. The summed E-state index contributed by atoms with van der Waals surface area (Å²) >= 11 is 1.93. The predicted octanol–water partition coefficient (Wildman–Crippen LogP) is 3.97. The number of thioether (sulfide) groups is 1. The summed E-state index contributed by atoms with van der Waals surface area (Å²) in [4.78, 5) is 1.39. The van der Waals surface area contributed by atoms with Crippen molar-refractivity contribution in [2.45, 2.75) is 37.5 Å². The molecule has 1 aromatic carbocycles. The van der Waals surface area contributed by atoms with Crippen LogP contribution < -0.4 is 5.32 Å². The van der Waals surface area contributed by atoms with Gasteiger partial charge in [0.25, 0.3) is 0 Å². The summed E-state index contributed by atoms with van der Waals surface area (Å²) in [6.07, 6.45) is 1.18. The number of para-hydroxylation sites is 1. The fraction of sp³-hybridized carbons (Fsp3) is 0.455. The van der Waals surface area contributed by atoms with Crippen LogP contribution in [0, 0.1) is 0 Å². The lowest BCUT2D eigenvalue weighted by Crippen LogP contribution is -2.06. The minimum Gasteiger partial charge on any atom is -0.372 e.